The van der Waals surface area contributed by atoms with Gasteiger partial charge in [-0.15, -0.1) is 0 Å². The predicted molar refractivity (Wildman–Crippen MR) is 101 cm³/mol. The normalized spacial score (nSPS) is 10.6. The summed E-state index contributed by atoms with van der Waals surface area (Å²) in [6.45, 7) is 0.553. The third-order valence-corrected chi connectivity index (χ3v) is 4.79. The fourth-order valence-corrected chi connectivity index (χ4v) is 3.27. The van der Waals surface area contributed by atoms with E-state index in [-0.39, 0.29) is 11.7 Å². The molecule has 0 unspecified atom stereocenters. The van der Waals surface area contributed by atoms with E-state index in [0.717, 1.165) is 11.4 Å². The average Bonchev–Trinajstić information content (AvgIpc) is 3.17. The van der Waals surface area contributed by atoms with E-state index in [9.17, 15) is 9.18 Å². The lowest BCUT2D eigenvalue weighted by atomic mass is 10.2. The van der Waals surface area contributed by atoms with E-state index < -0.39 is 0 Å². The van der Waals surface area contributed by atoms with Crippen molar-refractivity contribution in [2.24, 2.45) is 0 Å². The van der Waals surface area contributed by atoms with Crippen molar-refractivity contribution in [1.29, 1.82) is 0 Å². The van der Waals surface area contributed by atoms with Gasteiger partial charge < -0.3 is 9.88 Å². The fraction of sp³-hybridized carbons (Fsp3) is 0.150. The van der Waals surface area contributed by atoms with Crippen LogP contribution in [0.15, 0.2) is 73.1 Å². The van der Waals surface area contributed by atoms with Crippen molar-refractivity contribution in [3.8, 4) is 5.69 Å². The zero-order valence-corrected chi connectivity index (χ0v) is 14.5. The summed E-state index contributed by atoms with van der Waals surface area (Å²) in [6, 6.07) is 18.2. The quantitative estimate of drug-likeness (QED) is 0.643. The minimum Gasteiger partial charge on any atom is -0.351 e. The van der Waals surface area contributed by atoms with E-state index in [1.165, 1.54) is 6.07 Å². The third kappa shape index (κ3) is 4.73. The molecule has 0 atom stereocenters. The predicted octanol–water partition coefficient (Wildman–Crippen LogP) is 4.28. The fourth-order valence-electron chi connectivity index (χ4n) is 2.43. The van der Waals surface area contributed by atoms with Crippen molar-refractivity contribution in [3.63, 3.8) is 0 Å². The molecule has 0 radical (unpaired) electrons. The highest BCUT2D eigenvalue weighted by Gasteiger charge is 2.05. The number of nitrogens with zero attached hydrogens (tertiary/aromatic N) is 1. The molecular formula is C20H19FN2OS. The van der Waals surface area contributed by atoms with Crippen molar-refractivity contribution in [1.82, 2.24) is 9.88 Å². The molecule has 1 aromatic heterocycles. The lowest BCUT2D eigenvalue weighted by Crippen LogP contribution is -2.25. The van der Waals surface area contributed by atoms with Gasteiger partial charge in [-0.1, -0.05) is 18.2 Å². The molecule has 25 heavy (non-hydrogen) atoms. The smallest absolute Gasteiger partial charge is 0.251 e. The average molecular weight is 354 g/mol. The van der Waals surface area contributed by atoms with Crippen molar-refractivity contribution < 1.29 is 9.18 Å². The molecule has 1 N–H and O–H groups in total. The molecule has 3 rings (SSSR count). The number of aromatic nitrogens is 1. The molecule has 3 aromatic rings. The minimum absolute atomic E-state index is 0.0921. The third-order valence-electron chi connectivity index (χ3n) is 3.78. The first-order valence-corrected chi connectivity index (χ1v) is 9.22. The van der Waals surface area contributed by atoms with Gasteiger partial charge in [0.1, 0.15) is 5.82 Å². The van der Waals surface area contributed by atoms with E-state index in [0.29, 0.717) is 23.4 Å². The maximum Gasteiger partial charge on any atom is 0.251 e. The van der Waals surface area contributed by atoms with Crippen LogP contribution < -0.4 is 5.32 Å². The molecule has 0 saturated heterocycles. The molecule has 0 aliphatic heterocycles. The minimum atomic E-state index is -0.179. The molecule has 0 fully saturated rings. The van der Waals surface area contributed by atoms with Gasteiger partial charge in [-0.2, -0.15) is 11.8 Å². The first-order chi connectivity index (χ1) is 12.2. The Labute approximate surface area is 150 Å². The molecule has 0 saturated carbocycles. The van der Waals surface area contributed by atoms with E-state index >= 15 is 0 Å². The van der Waals surface area contributed by atoms with E-state index in [1.54, 1.807) is 23.9 Å². The largest absolute Gasteiger partial charge is 0.351 e. The Balaban J connectivity index is 1.43. The molecular weight excluding hydrogens is 335 g/mol. The number of halogens is 1. The van der Waals surface area contributed by atoms with Gasteiger partial charge in [-0.25, -0.2) is 4.39 Å². The zero-order chi connectivity index (χ0) is 17.5. The molecule has 5 heteroatoms. The first kappa shape index (κ1) is 17.3. The number of carbonyl (C=O) groups excluding carboxylic acids is 1. The molecule has 2 aromatic carbocycles. The molecule has 0 aliphatic carbocycles. The second kappa shape index (κ2) is 8.53. The van der Waals surface area contributed by atoms with Gasteiger partial charge in [0.2, 0.25) is 0 Å². The van der Waals surface area contributed by atoms with Gasteiger partial charge >= 0.3 is 0 Å². The number of nitrogens with one attached hydrogen (secondary N) is 1. The molecule has 0 spiro atoms. The Hall–Kier alpha value is -2.53. The van der Waals surface area contributed by atoms with Gasteiger partial charge in [0, 0.05) is 41.7 Å². The summed E-state index contributed by atoms with van der Waals surface area (Å²) in [4.78, 5) is 12.1. The number of carbonyl (C=O) groups is 1. The number of rotatable bonds is 7. The van der Waals surface area contributed by atoms with Crippen LogP contribution in [-0.4, -0.2) is 22.8 Å². The van der Waals surface area contributed by atoms with Gasteiger partial charge in [0.25, 0.3) is 5.91 Å². The Morgan fingerprint density at radius 2 is 1.72 bits per heavy atom. The molecule has 0 aliphatic rings. The SMILES string of the molecule is O=C(NCCSCc1ccccc1F)c1ccc(-n2cccc2)cc1. The van der Waals surface area contributed by atoms with Crippen molar-refractivity contribution in [2.75, 3.05) is 12.3 Å². The number of amides is 1. The van der Waals surface area contributed by atoms with Crippen molar-refractivity contribution in [3.05, 3.63) is 90.0 Å². The Bertz CT molecular complexity index is 816. The van der Waals surface area contributed by atoms with E-state index in [4.69, 9.17) is 0 Å². The summed E-state index contributed by atoms with van der Waals surface area (Å²) in [5, 5.41) is 2.89. The van der Waals surface area contributed by atoms with Gasteiger partial charge in [0.15, 0.2) is 0 Å². The van der Waals surface area contributed by atoms with Gasteiger partial charge in [0.05, 0.1) is 0 Å². The Morgan fingerprint density at radius 1 is 1.00 bits per heavy atom. The molecule has 0 bridgehead atoms. The van der Waals surface area contributed by atoms with Crippen LogP contribution in [0.1, 0.15) is 15.9 Å². The molecule has 128 valence electrons. The maximum atomic E-state index is 13.5. The van der Waals surface area contributed by atoms with Crippen molar-refractivity contribution in [2.45, 2.75) is 5.75 Å². The van der Waals surface area contributed by atoms with Gasteiger partial charge in [-0.3, -0.25) is 4.79 Å². The number of thioether (sulfide) groups is 1. The number of hydrogen-bond donors (Lipinski definition) is 1. The van der Waals surface area contributed by atoms with Crippen LogP contribution in [0, 0.1) is 5.82 Å². The second-order valence-corrected chi connectivity index (χ2v) is 6.64. The van der Waals surface area contributed by atoms with Crippen molar-refractivity contribution >= 4 is 17.7 Å². The van der Waals surface area contributed by atoms with E-state index in [2.05, 4.69) is 5.32 Å². The number of benzene rings is 2. The Kier molecular flexibility index (Phi) is 5.90. The zero-order valence-electron chi connectivity index (χ0n) is 13.7. The number of hydrogen-bond acceptors (Lipinski definition) is 2. The monoisotopic (exact) mass is 354 g/mol. The summed E-state index contributed by atoms with van der Waals surface area (Å²) >= 11 is 1.60. The summed E-state index contributed by atoms with van der Waals surface area (Å²) in [6.07, 6.45) is 3.92. The van der Waals surface area contributed by atoms with Crippen LogP contribution >= 0.6 is 11.8 Å². The summed E-state index contributed by atoms with van der Waals surface area (Å²) in [5.41, 5.74) is 2.34. The van der Waals surface area contributed by atoms with Crippen LogP contribution in [0.25, 0.3) is 5.69 Å². The van der Waals surface area contributed by atoms with E-state index in [1.807, 2.05) is 59.4 Å². The molecule has 1 heterocycles. The summed E-state index contributed by atoms with van der Waals surface area (Å²) in [7, 11) is 0. The highest BCUT2D eigenvalue weighted by atomic mass is 32.2. The molecule has 1 amide bonds. The highest BCUT2D eigenvalue weighted by Crippen LogP contribution is 2.15. The standard InChI is InChI=1S/C20H19FN2OS/c21-19-6-2-1-5-17(19)15-25-14-11-22-20(24)16-7-9-18(10-8-16)23-12-3-4-13-23/h1-10,12-13H,11,14-15H2,(H,22,24). The lowest BCUT2D eigenvalue weighted by molar-refractivity contribution is 0.0956. The second-order valence-electron chi connectivity index (χ2n) is 5.54. The summed E-state index contributed by atoms with van der Waals surface area (Å²) in [5.74, 6) is 1.07. The van der Waals surface area contributed by atoms with Gasteiger partial charge in [-0.05, 0) is 48.0 Å². The highest BCUT2D eigenvalue weighted by molar-refractivity contribution is 7.98. The maximum absolute atomic E-state index is 13.5. The van der Waals surface area contributed by atoms with Crippen LogP contribution in [0.3, 0.4) is 0 Å². The topological polar surface area (TPSA) is 34.0 Å². The lowest BCUT2D eigenvalue weighted by Gasteiger charge is -2.07. The van der Waals surface area contributed by atoms with Crippen LogP contribution in [0.2, 0.25) is 0 Å². The Morgan fingerprint density at radius 3 is 2.44 bits per heavy atom. The van der Waals surface area contributed by atoms with Crippen LogP contribution in [0.5, 0.6) is 0 Å². The van der Waals surface area contributed by atoms with Crippen LogP contribution in [-0.2, 0) is 5.75 Å². The first-order valence-electron chi connectivity index (χ1n) is 8.07. The van der Waals surface area contributed by atoms with Crippen LogP contribution in [0.4, 0.5) is 4.39 Å². The molecule has 3 nitrogen and oxygen atoms in total. The summed E-state index contributed by atoms with van der Waals surface area (Å²) < 4.78 is 15.5.